The molecule has 1 heterocycles. The highest BCUT2D eigenvalue weighted by atomic mass is 32.2. The Kier molecular flexibility index (Phi) is 4.15. The molecule has 0 atom stereocenters. The lowest BCUT2D eigenvalue weighted by Gasteiger charge is -2.33. The van der Waals surface area contributed by atoms with Gasteiger partial charge in [0, 0.05) is 38.8 Å². The SMILES string of the molecule is CC(=O)N1CCN(S(=O)(=O)c2cc(N)cc(F)c2F)CC1. The first-order chi connectivity index (χ1) is 9.73. The molecule has 0 unspecified atom stereocenters. The Hall–Kier alpha value is -1.74. The molecular formula is C12H15F2N3O3S. The van der Waals surface area contributed by atoms with Gasteiger partial charge in [-0.05, 0) is 12.1 Å². The molecule has 1 aromatic rings. The number of halogens is 2. The maximum absolute atomic E-state index is 13.7. The van der Waals surface area contributed by atoms with Gasteiger partial charge in [-0.2, -0.15) is 4.31 Å². The van der Waals surface area contributed by atoms with Gasteiger partial charge in [0.25, 0.3) is 0 Å². The third kappa shape index (κ3) is 2.98. The number of nitrogens with zero attached hydrogens (tertiary/aromatic N) is 2. The van der Waals surface area contributed by atoms with Gasteiger partial charge in [0.15, 0.2) is 11.6 Å². The Morgan fingerprint density at radius 1 is 1.19 bits per heavy atom. The minimum absolute atomic E-state index is 0.0256. The molecule has 0 radical (unpaired) electrons. The van der Waals surface area contributed by atoms with Crippen LogP contribution < -0.4 is 5.73 Å². The fourth-order valence-electron chi connectivity index (χ4n) is 2.15. The van der Waals surface area contributed by atoms with Gasteiger partial charge in [-0.25, -0.2) is 17.2 Å². The molecule has 9 heteroatoms. The number of carbonyl (C=O) groups excluding carboxylic acids is 1. The van der Waals surface area contributed by atoms with Crippen molar-refractivity contribution >= 4 is 21.6 Å². The van der Waals surface area contributed by atoms with Gasteiger partial charge in [0.05, 0.1) is 0 Å². The second-order valence-corrected chi connectivity index (χ2v) is 6.63. The number of nitrogens with two attached hydrogens (primary N) is 1. The first kappa shape index (κ1) is 15.6. The monoisotopic (exact) mass is 319 g/mol. The van der Waals surface area contributed by atoms with E-state index in [9.17, 15) is 22.0 Å². The van der Waals surface area contributed by atoms with Crippen molar-refractivity contribution < 1.29 is 22.0 Å². The van der Waals surface area contributed by atoms with Crippen LogP contribution >= 0.6 is 0 Å². The number of anilines is 1. The predicted molar refractivity (Wildman–Crippen MR) is 71.8 cm³/mol. The van der Waals surface area contributed by atoms with Crippen molar-refractivity contribution in [1.29, 1.82) is 0 Å². The van der Waals surface area contributed by atoms with Crippen molar-refractivity contribution in [2.45, 2.75) is 11.8 Å². The van der Waals surface area contributed by atoms with Crippen LogP contribution in [-0.2, 0) is 14.8 Å². The topological polar surface area (TPSA) is 83.7 Å². The zero-order valence-corrected chi connectivity index (χ0v) is 12.2. The Labute approximate surface area is 121 Å². The van der Waals surface area contributed by atoms with Crippen LogP contribution in [0, 0.1) is 11.6 Å². The Morgan fingerprint density at radius 2 is 1.76 bits per heavy atom. The minimum Gasteiger partial charge on any atom is -0.399 e. The second kappa shape index (κ2) is 5.57. The number of piperazine rings is 1. The summed E-state index contributed by atoms with van der Waals surface area (Å²) in [4.78, 5) is 11.9. The van der Waals surface area contributed by atoms with E-state index in [4.69, 9.17) is 5.73 Å². The molecule has 1 fully saturated rings. The number of sulfonamides is 1. The van der Waals surface area contributed by atoms with E-state index in [1.54, 1.807) is 0 Å². The molecule has 0 aliphatic carbocycles. The highest BCUT2D eigenvalue weighted by Gasteiger charge is 2.32. The predicted octanol–water partition coefficient (Wildman–Crippen LogP) is 0.400. The van der Waals surface area contributed by atoms with E-state index >= 15 is 0 Å². The Bertz CT molecular complexity index is 671. The molecule has 0 bridgehead atoms. The third-order valence-corrected chi connectivity index (χ3v) is 5.22. The van der Waals surface area contributed by atoms with Crippen molar-refractivity contribution in [3.8, 4) is 0 Å². The van der Waals surface area contributed by atoms with Crippen molar-refractivity contribution in [1.82, 2.24) is 9.21 Å². The number of nitrogen functional groups attached to an aromatic ring is 1. The summed E-state index contributed by atoms with van der Waals surface area (Å²) in [7, 11) is -4.19. The smallest absolute Gasteiger partial charge is 0.246 e. The van der Waals surface area contributed by atoms with Gasteiger partial charge >= 0.3 is 0 Å². The average Bonchev–Trinajstić information content (AvgIpc) is 2.42. The minimum atomic E-state index is -4.19. The summed E-state index contributed by atoms with van der Waals surface area (Å²) in [5.74, 6) is -2.91. The molecule has 2 N–H and O–H groups in total. The zero-order valence-electron chi connectivity index (χ0n) is 11.3. The Morgan fingerprint density at radius 3 is 2.29 bits per heavy atom. The van der Waals surface area contributed by atoms with E-state index in [0.29, 0.717) is 0 Å². The van der Waals surface area contributed by atoms with Gasteiger partial charge in [-0.15, -0.1) is 0 Å². The number of hydrogen-bond acceptors (Lipinski definition) is 4. The number of hydrogen-bond donors (Lipinski definition) is 1. The lowest BCUT2D eigenvalue weighted by Crippen LogP contribution is -2.50. The van der Waals surface area contributed by atoms with Crippen molar-refractivity contribution in [2.75, 3.05) is 31.9 Å². The van der Waals surface area contributed by atoms with Gasteiger partial charge in [0.1, 0.15) is 4.90 Å². The van der Waals surface area contributed by atoms with Crippen LogP contribution in [-0.4, -0.2) is 49.7 Å². The maximum atomic E-state index is 13.7. The number of amides is 1. The Balaban J connectivity index is 2.30. The average molecular weight is 319 g/mol. The van der Waals surface area contributed by atoms with Crippen LogP contribution in [0.4, 0.5) is 14.5 Å². The molecule has 0 aromatic heterocycles. The summed E-state index contributed by atoms with van der Waals surface area (Å²) in [5.41, 5.74) is 5.20. The summed E-state index contributed by atoms with van der Waals surface area (Å²) in [6.07, 6.45) is 0. The molecule has 0 saturated carbocycles. The first-order valence-corrected chi connectivity index (χ1v) is 7.67. The van der Waals surface area contributed by atoms with E-state index in [-0.39, 0.29) is 37.8 Å². The van der Waals surface area contributed by atoms with Crippen molar-refractivity contribution in [3.05, 3.63) is 23.8 Å². The van der Waals surface area contributed by atoms with Crippen LogP contribution in [0.2, 0.25) is 0 Å². The maximum Gasteiger partial charge on any atom is 0.246 e. The van der Waals surface area contributed by atoms with Crippen molar-refractivity contribution in [2.24, 2.45) is 0 Å². The zero-order chi connectivity index (χ0) is 15.8. The largest absolute Gasteiger partial charge is 0.399 e. The fraction of sp³-hybridized carbons (Fsp3) is 0.417. The number of rotatable bonds is 2. The number of benzene rings is 1. The van der Waals surface area contributed by atoms with E-state index in [2.05, 4.69) is 0 Å². The molecule has 1 amide bonds. The van der Waals surface area contributed by atoms with Gasteiger partial charge in [0.2, 0.25) is 15.9 Å². The summed E-state index contributed by atoms with van der Waals surface area (Å²) in [6.45, 7) is 1.86. The second-order valence-electron chi connectivity index (χ2n) is 4.72. The quantitative estimate of drug-likeness (QED) is 0.800. The normalized spacial score (nSPS) is 17.0. The van der Waals surface area contributed by atoms with Gasteiger partial charge in [-0.1, -0.05) is 0 Å². The van der Waals surface area contributed by atoms with Crippen LogP contribution in [0.3, 0.4) is 0 Å². The van der Waals surface area contributed by atoms with E-state index < -0.39 is 26.6 Å². The van der Waals surface area contributed by atoms with Crippen LogP contribution in [0.1, 0.15) is 6.92 Å². The van der Waals surface area contributed by atoms with E-state index in [0.717, 1.165) is 16.4 Å². The molecule has 116 valence electrons. The van der Waals surface area contributed by atoms with Gasteiger partial charge < -0.3 is 10.6 Å². The fourth-order valence-corrected chi connectivity index (χ4v) is 3.69. The molecule has 2 rings (SSSR count). The molecule has 0 spiro atoms. The summed E-state index contributed by atoms with van der Waals surface area (Å²) >= 11 is 0. The van der Waals surface area contributed by atoms with Gasteiger partial charge in [-0.3, -0.25) is 4.79 Å². The molecular weight excluding hydrogens is 304 g/mol. The highest BCUT2D eigenvalue weighted by Crippen LogP contribution is 2.25. The molecule has 1 aliphatic heterocycles. The highest BCUT2D eigenvalue weighted by molar-refractivity contribution is 7.89. The molecule has 1 aromatic carbocycles. The van der Waals surface area contributed by atoms with Crippen molar-refractivity contribution in [3.63, 3.8) is 0 Å². The molecule has 6 nitrogen and oxygen atoms in total. The lowest BCUT2D eigenvalue weighted by molar-refractivity contribution is -0.129. The standard InChI is InChI=1S/C12H15F2N3O3S/c1-8(18)16-2-4-17(5-3-16)21(19,20)11-7-9(15)6-10(13)12(11)14/h6-7H,2-5,15H2,1H3. The summed E-state index contributed by atoms with van der Waals surface area (Å²) in [6, 6.07) is 1.62. The molecule has 1 aliphatic rings. The summed E-state index contributed by atoms with van der Waals surface area (Å²) < 4.78 is 52.8. The summed E-state index contributed by atoms with van der Waals surface area (Å²) in [5, 5.41) is 0. The number of carbonyl (C=O) groups is 1. The first-order valence-electron chi connectivity index (χ1n) is 6.23. The lowest BCUT2D eigenvalue weighted by atomic mass is 10.3. The third-order valence-electron chi connectivity index (χ3n) is 3.32. The molecule has 21 heavy (non-hydrogen) atoms. The van der Waals surface area contributed by atoms with Crippen LogP contribution in [0.25, 0.3) is 0 Å². The van der Waals surface area contributed by atoms with E-state index in [1.807, 2.05) is 0 Å². The van der Waals surface area contributed by atoms with Crippen LogP contribution in [0.5, 0.6) is 0 Å². The van der Waals surface area contributed by atoms with Crippen LogP contribution in [0.15, 0.2) is 17.0 Å². The molecule has 1 saturated heterocycles. The van der Waals surface area contributed by atoms with E-state index in [1.165, 1.54) is 11.8 Å².